The van der Waals surface area contributed by atoms with E-state index >= 15 is 0 Å². The maximum atomic E-state index is 13.5. The lowest BCUT2D eigenvalue weighted by atomic mass is 9.95. The predicted molar refractivity (Wildman–Crippen MR) is 128 cm³/mol. The molecule has 1 amide bonds. The quantitative estimate of drug-likeness (QED) is 0.342. The number of phenolic OH excluding ortho intramolecular Hbond substituents is 1. The van der Waals surface area contributed by atoms with Gasteiger partial charge >= 0.3 is 0 Å². The molecule has 1 atom stereocenters. The van der Waals surface area contributed by atoms with Gasteiger partial charge in [0.2, 0.25) is 0 Å². The van der Waals surface area contributed by atoms with Gasteiger partial charge in [-0.25, -0.2) is 0 Å². The summed E-state index contributed by atoms with van der Waals surface area (Å²) in [4.78, 5) is 15.3. The van der Waals surface area contributed by atoms with E-state index in [0.717, 1.165) is 26.7 Å². The number of hydrogen-bond acceptors (Lipinski definition) is 3. The second kappa shape index (κ2) is 8.11. The van der Waals surface area contributed by atoms with Crippen LogP contribution in [0.25, 0.3) is 11.3 Å². The fourth-order valence-corrected chi connectivity index (χ4v) is 4.80. The molecule has 4 aromatic rings. The molecule has 1 unspecified atom stereocenters. The summed E-state index contributed by atoms with van der Waals surface area (Å²) >= 11 is 9.91. The van der Waals surface area contributed by atoms with E-state index in [9.17, 15) is 9.90 Å². The lowest BCUT2D eigenvalue weighted by Gasteiger charge is -2.27. The number of hydrogen-bond donors (Lipinski definition) is 2. The first-order valence-electron chi connectivity index (χ1n) is 10.1. The molecule has 1 aliphatic heterocycles. The van der Waals surface area contributed by atoms with Crippen LogP contribution in [-0.4, -0.2) is 26.1 Å². The normalized spacial score (nSPS) is 15.3. The van der Waals surface area contributed by atoms with Gasteiger partial charge in [-0.15, -0.1) is 0 Å². The zero-order chi connectivity index (χ0) is 22.4. The van der Waals surface area contributed by atoms with Gasteiger partial charge < -0.3 is 10.0 Å². The molecule has 0 radical (unpaired) electrons. The summed E-state index contributed by atoms with van der Waals surface area (Å²) in [6.45, 7) is 2.27. The van der Waals surface area contributed by atoms with Gasteiger partial charge in [0.25, 0.3) is 5.91 Å². The predicted octanol–water partition coefficient (Wildman–Crippen LogP) is 6.25. The zero-order valence-corrected chi connectivity index (χ0v) is 19.5. The number of fused-ring (bicyclic) bond motifs is 1. The van der Waals surface area contributed by atoms with E-state index in [1.165, 1.54) is 0 Å². The number of aromatic amines is 1. The monoisotopic (exact) mass is 507 g/mol. The van der Waals surface area contributed by atoms with Crippen LogP contribution in [0.15, 0.2) is 71.2 Å². The van der Waals surface area contributed by atoms with Crippen molar-refractivity contribution < 1.29 is 9.90 Å². The van der Waals surface area contributed by atoms with E-state index in [0.29, 0.717) is 28.5 Å². The van der Waals surface area contributed by atoms with Crippen LogP contribution in [-0.2, 0) is 6.54 Å². The number of nitrogens with one attached hydrogen (secondary N) is 1. The van der Waals surface area contributed by atoms with E-state index in [4.69, 9.17) is 11.6 Å². The van der Waals surface area contributed by atoms with Gasteiger partial charge in [-0.05, 0) is 47.9 Å². The Bertz CT molecular complexity index is 1340. The maximum Gasteiger partial charge on any atom is 0.273 e. The second-order valence-electron chi connectivity index (χ2n) is 7.86. The topological polar surface area (TPSA) is 69.2 Å². The summed E-state index contributed by atoms with van der Waals surface area (Å²) in [5, 5.41) is 18.5. The Balaban J connectivity index is 1.69. The number of aromatic hydroxyl groups is 1. The van der Waals surface area contributed by atoms with Crippen molar-refractivity contribution in [2.45, 2.75) is 19.5 Å². The molecule has 2 N–H and O–H groups in total. The first-order chi connectivity index (χ1) is 15.4. The van der Waals surface area contributed by atoms with Gasteiger partial charge in [0.15, 0.2) is 0 Å². The van der Waals surface area contributed by atoms with E-state index in [2.05, 4.69) is 26.1 Å². The van der Waals surface area contributed by atoms with Crippen LogP contribution >= 0.6 is 27.5 Å². The Morgan fingerprint density at radius 1 is 1.12 bits per heavy atom. The Morgan fingerprint density at radius 3 is 2.66 bits per heavy atom. The molecule has 2 heterocycles. The number of nitrogens with zero attached hydrogens (tertiary/aromatic N) is 2. The average molecular weight is 509 g/mol. The number of halogens is 2. The first-order valence-corrected chi connectivity index (χ1v) is 11.3. The number of rotatable bonds is 4. The minimum absolute atomic E-state index is 0.0724. The molecule has 160 valence electrons. The third-order valence-corrected chi connectivity index (χ3v) is 6.66. The number of aryl methyl sites for hydroxylation is 1. The van der Waals surface area contributed by atoms with Gasteiger partial charge in [-0.3, -0.25) is 9.89 Å². The molecule has 0 fully saturated rings. The fourth-order valence-electron chi connectivity index (χ4n) is 4.22. The Hall–Kier alpha value is -3.09. The van der Waals surface area contributed by atoms with Crippen molar-refractivity contribution in [3.8, 4) is 17.0 Å². The van der Waals surface area contributed by atoms with Crippen LogP contribution in [0.3, 0.4) is 0 Å². The lowest BCUT2D eigenvalue weighted by molar-refractivity contribution is 0.0730. The second-order valence-corrected chi connectivity index (χ2v) is 9.18. The third-order valence-electron chi connectivity index (χ3n) is 5.76. The minimum atomic E-state index is -0.372. The Morgan fingerprint density at radius 2 is 1.91 bits per heavy atom. The number of carbonyl (C=O) groups excluding carboxylic acids is 1. The molecule has 5 nitrogen and oxygen atoms in total. The van der Waals surface area contributed by atoms with Crippen molar-refractivity contribution in [3.63, 3.8) is 0 Å². The van der Waals surface area contributed by atoms with Crippen molar-refractivity contribution in [3.05, 3.63) is 104 Å². The van der Waals surface area contributed by atoms with E-state index in [1.807, 2.05) is 66.4 Å². The number of aromatic nitrogens is 2. The molecule has 5 rings (SSSR count). The molecule has 0 bridgehead atoms. The number of carbonyl (C=O) groups is 1. The van der Waals surface area contributed by atoms with E-state index in [1.54, 1.807) is 12.1 Å². The van der Waals surface area contributed by atoms with Crippen molar-refractivity contribution in [1.82, 2.24) is 15.1 Å². The highest BCUT2D eigenvalue weighted by molar-refractivity contribution is 9.10. The molecular formula is C25H19BrClN3O2. The largest absolute Gasteiger partial charge is 0.507 e. The van der Waals surface area contributed by atoms with Crippen molar-refractivity contribution in [2.24, 2.45) is 0 Å². The van der Waals surface area contributed by atoms with Gasteiger partial charge in [-0.2, -0.15) is 5.10 Å². The maximum absolute atomic E-state index is 13.5. The lowest BCUT2D eigenvalue weighted by Crippen LogP contribution is -2.29. The molecule has 1 aromatic heterocycles. The number of benzene rings is 3. The fraction of sp³-hybridized carbons (Fsp3) is 0.120. The van der Waals surface area contributed by atoms with Crippen LogP contribution < -0.4 is 0 Å². The summed E-state index contributed by atoms with van der Waals surface area (Å²) in [6.07, 6.45) is 0. The number of H-pyrrole nitrogens is 1. The summed E-state index contributed by atoms with van der Waals surface area (Å²) < 4.78 is 0.918. The van der Waals surface area contributed by atoms with Gasteiger partial charge in [-0.1, -0.05) is 70.0 Å². The van der Waals surface area contributed by atoms with Crippen LogP contribution in [0.4, 0.5) is 0 Å². The highest BCUT2D eigenvalue weighted by Gasteiger charge is 2.42. The van der Waals surface area contributed by atoms with E-state index < -0.39 is 0 Å². The average Bonchev–Trinajstić information content (AvgIpc) is 3.31. The number of amides is 1. The van der Waals surface area contributed by atoms with Crippen molar-refractivity contribution in [2.75, 3.05) is 0 Å². The van der Waals surface area contributed by atoms with E-state index in [-0.39, 0.29) is 17.7 Å². The molecule has 3 aromatic carbocycles. The van der Waals surface area contributed by atoms with Gasteiger partial charge in [0.05, 0.1) is 6.04 Å². The molecular weight excluding hydrogens is 490 g/mol. The molecule has 32 heavy (non-hydrogen) atoms. The molecule has 7 heteroatoms. The Kier molecular flexibility index (Phi) is 5.27. The smallest absolute Gasteiger partial charge is 0.273 e. The van der Waals surface area contributed by atoms with Gasteiger partial charge in [0.1, 0.15) is 17.1 Å². The van der Waals surface area contributed by atoms with Crippen LogP contribution in [0.1, 0.15) is 38.8 Å². The van der Waals surface area contributed by atoms with Crippen molar-refractivity contribution in [1.29, 1.82) is 0 Å². The molecule has 0 spiro atoms. The number of phenols is 1. The molecule has 0 saturated heterocycles. The summed E-state index contributed by atoms with van der Waals surface area (Å²) in [5.74, 6) is -0.0616. The minimum Gasteiger partial charge on any atom is -0.507 e. The van der Waals surface area contributed by atoms with Crippen LogP contribution in [0, 0.1) is 6.92 Å². The summed E-state index contributed by atoms with van der Waals surface area (Å²) in [7, 11) is 0. The summed E-state index contributed by atoms with van der Waals surface area (Å²) in [6, 6.07) is 20.7. The highest BCUT2D eigenvalue weighted by Crippen LogP contribution is 2.46. The van der Waals surface area contributed by atoms with Crippen LogP contribution in [0.2, 0.25) is 5.02 Å². The Labute approximate surface area is 198 Å². The molecule has 0 saturated carbocycles. The SMILES string of the molecule is Cc1cc(O)c(-c2n[nH]c3c2C(c2cccc(Br)c2)N(Cc2ccccc2)C3=O)cc1Cl. The zero-order valence-electron chi connectivity index (χ0n) is 17.1. The summed E-state index contributed by atoms with van der Waals surface area (Å²) in [5.41, 5.74) is 4.92. The van der Waals surface area contributed by atoms with Gasteiger partial charge in [0, 0.05) is 27.2 Å². The molecule has 1 aliphatic rings. The molecule has 0 aliphatic carbocycles. The third kappa shape index (κ3) is 3.49. The van der Waals surface area contributed by atoms with Crippen molar-refractivity contribution >= 4 is 33.4 Å². The highest BCUT2D eigenvalue weighted by atomic mass is 79.9. The van der Waals surface area contributed by atoms with Crippen LogP contribution in [0.5, 0.6) is 5.75 Å². The standard InChI is InChI=1S/C25H19BrClN3O2/c1-14-10-20(31)18(12-19(14)27)22-21-23(29-28-22)25(32)30(13-15-6-3-2-4-7-15)24(21)16-8-5-9-17(26)11-16/h2-12,24,31H,13H2,1H3,(H,28,29). The first kappa shape index (κ1) is 20.8.